The molecule has 0 aliphatic carbocycles. The zero-order chi connectivity index (χ0) is 19.9. The third-order valence-corrected chi connectivity index (χ3v) is 4.12. The van der Waals surface area contributed by atoms with E-state index in [9.17, 15) is 4.79 Å². The van der Waals surface area contributed by atoms with Crippen molar-refractivity contribution in [3.63, 3.8) is 0 Å². The monoisotopic (exact) mass is 383 g/mol. The molecule has 1 aliphatic rings. The third kappa shape index (κ3) is 4.87. The number of carbonyl (C=O) groups is 1. The first kappa shape index (κ1) is 19.4. The summed E-state index contributed by atoms with van der Waals surface area (Å²) >= 11 is 0. The predicted octanol–water partition coefficient (Wildman–Crippen LogP) is -0.0160. The minimum atomic E-state index is -0.346. The third-order valence-electron chi connectivity index (χ3n) is 4.12. The van der Waals surface area contributed by atoms with Gasteiger partial charge < -0.3 is 25.6 Å². The van der Waals surface area contributed by atoms with E-state index < -0.39 is 0 Å². The summed E-state index contributed by atoms with van der Waals surface area (Å²) in [4.78, 5) is 22.3. The van der Waals surface area contributed by atoms with Crippen LogP contribution in [-0.4, -0.2) is 77.4 Å². The van der Waals surface area contributed by atoms with E-state index in [1.807, 2.05) is 13.1 Å². The highest BCUT2D eigenvalue weighted by molar-refractivity contribution is 5.97. The molecule has 0 radical (unpaired) electrons. The number of rotatable bonds is 6. The topological polar surface area (TPSA) is 141 Å². The molecule has 1 unspecified atom stereocenters. The molecule has 28 heavy (non-hydrogen) atoms. The summed E-state index contributed by atoms with van der Waals surface area (Å²) < 4.78 is 5.74. The minimum absolute atomic E-state index is 0.00487. The number of anilines is 3. The first-order chi connectivity index (χ1) is 13.6. The highest BCUT2D eigenvalue weighted by Crippen LogP contribution is 2.19. The van der Waals surface area contributed by atoms with E-state index >= 15 is 0 Å². The van der Waals surface area contributed by atoms with E-state index in [-0.39, 0.29) is 23.4 Å². The van der Waals surface area contributed by atoms with Crippen LogP contribution in [-0.2, 0) is 4.74 Å². The summed E-state index contributed by atoms with van der Waals surface area (Å²) in [5.41, 5.74) is 0.921. The smallest absolute Gasteiger partial charge is 0.273 e. The van der Waals surface area contributed by atoms with Gasteiger partial charge in [0.05, 0.1) is 30.8 Å². The average molecular weight is 383 g/mol. The molecular weight excluding hydrogens is 362 g/mol. The fourth-order valence-electron chi connectivity index (χ4n) is 2.67. The van der Waals surface area contributed by atoms with Crippen LogP contribution in [0, 0.1) is 11.3 Å². The summed E-state index contributed by atoms with van der Waals surface area (Å²) in [6.07, 6.45) is 2.78. The standard InChI is InChI=1S/C17H21N9O2/c1-19-17(27)16-13(21-8-12-10-26(2)3-4-28-12)5-14(24-25-16)23-15-9-20-11(6-18)7-22-15/h5,7,9,12H,3-4,8,10H2,1-2H3,(H,19,27)(H2,21,22,23,24). The van der Waals surface area contributed by atoms with Gasteiger partial charge in [-0.05, 0) is 7.05 Å². The molecule has 11 heteroatoms. The largest absolute Gasteiger partial charge is 0.380 e. The molecule has 3 heterocycles. The summed E-state index contributed by atoms with van der Waals surface area (Å²) in [7, 11) is 3.58. The molecule has 1 atom stereocenters. The van der Waals surface area contributed by atoms with Crippen molar-refractivity contribution in [3.8, 4) is 6.07 Å². The lowest BCUT2D eigenvalue weighted by Gasteiger charge is -2.30. The van der Waals surface area contributed by atoms with Crippen LogP contribution in [0.4, 0.5) is 17.3 Å². The summed E-state index contributed by atoms with van der Waals surface area (Å²) in [6, 6.07) is 3.58. The Morgan fingerprint density at radius 1 is 1.36 bits per heavy atom. The number of carbonyl (C=O) groups excluding carboxylic acids is 1. The Morgan fingerprint density at radius 2 is 2.21 bits per heavy atom. The maximum atomic E-state index is 12.1. The molecule has 0 saturated carbocycles. The summed E-state index contributed by atoms with van der Waals surface area (Å²) in [5.74, 6) is 0.446. The molecule has 2 aromatic rings. The van der Waals surface area contributed by atoms with Gasteiger partial charge in [0.2, 0.25) is 0 Å². The van der Waals surface area contributed by atoms with Crippen LogP contribution < -0.4 is 16.0 Å². The number of likely N-dealkylation sites (N-methyl/N-ethyl adjacent to an activating group) is 1. The van der Waals surface area contributed by atoms with Crippen LogP contribution >= 0.6 is 0 Å². The van der Waals surface area contributed by atoms with Gasteiger partial charge in [0.15, 0.2) is 17.2 Å². The molecule has 2 aromatic heterocycles. The van der Waals surface area contributed by atoms with Crippen molar-refractivity contribution in [1.29, 1.82) is 5.26 Å². The van der Waals surface area contributed by atoms with Crippen LogP contribution in [0.15, 0.2) is 18.5 Å². The van der Waals surface area contributed by atoms with Crippen molar-refractivity contribution in [3.05, 3.63) is 29.8 Å². The quantitative estimate of drug-likeness (QED) is 0.623. The second-order valence-corrected chi connectivity index (χ2v) is 6.23. The molecule has 11 nitrogen and oxygen atoms in total. The van der Waals surface area contributed by atoms with Crippen molar-refractivity contribution >= 4 is 23.2 Å². The van der Waals surface area contributed by atoms with Crippen molar-refractivity contribution < 1.29 is 9.53 Å². The highest BCUT2D eigenvalue weighted by Gasteiger charge is 2.20. The number of morpholine rings is 1. The number of aromatic nitrogens is 4. The number of ether oxygens (including phenoxy) is 1. The van der Waals surface area contributed by atoms with Crippen molar-refractivity contribution in [2.75, 3.05) is 51.0 Å². The van der Waals surface area contributed by atoms with Crippen LogP contribution in [0.1, 0.15) is 16.2 Å². The van der Waals surface area contributed by atoms with Crippen LogP contribution in [0.3, 0.4) is 0 Å². The minimum Gasteiger partial charge on any atom is -0.380 e. The lowest BCUT2D eigenvalue weighted by molar-refractivity contribution is -0.0117. The van der Waals surface area contributed by atoms with E-state index in [2.05, 4.69) is 41.0 Å². The Morgan fingerprint density at radius 3 is 2.89 bits per heavy atom. The van der Waals surface area contributed by atoms with Gasteiger partial charge in [-0.25, -0.2) is 9.97 Å². The van der Waals surface area contributed by atoms with Gasteiger partial charge >= 0.3 is 0 Å². The number of hydrogen-bond acceptors (Lipinski definition) is 10. The number of amides is 1. The van der Waals surface area contributed by atoms with Gasteiger partial charge in [-0.1, -0.05) is 0 Å². The van der Waals surface area contributed by atoms with Gasteiger partial charge in [0.1, 0.15) is 11.9 Å². The SMILES string of the molecule is CNC(=O)c1nnc(Nc2cnc(C#N)cn2)cc1NCC1CN(C)CCO1. The van der Waals surface area contributed by atoms with E-state index in [0.29, 0.717) is 30.5 Å². The molecular formula is C17H21N9O2. The van der Waals surface area contributed by atoms with Crippen molar-refractivity contribution in [2.24, 2.45) is 0 Å². The molecule has 146 valence electrons. The molecule has 1 fully saturated rings. The molecule has 1 aliphatic heterocycles. The zero-order valence-electron chi connectivity index (χ0n) is 15.6. The Hall–Kier alpha value is -3.36. The van der Waals surface area contributed by atoms with Crippen molar-refractivity contribution in [1.82, 2.24) is 30.4 Å². The Labute approximate surface area is 162 Å². The first-order valence-corrected chi connectivity index (χ1v) is 8.72. The van der Waals surface area contributed by atoms with Gasteiger partial charge in [-0.3, -0.25) is 4.79 Å². The van der Waals surface area contributed by atoms with Gasteiger partial charge in [-0.2, -0.15) is 5.26 Å². The van der Waals surface area contributed by atoms with Crippen LogP contribution in [0.25, 0.3) is 0 Å². The molecule has 0 bridgehead atoms. The normalized spacial score (nSPS) is 16.8. The predicted molar refractivity (Wildman–Crippen MR) is 101 cm³/mol. The molecule has 3 N–H and O–H groups in total. The first-order valence-electron chi connectivity index (χ1n) is 8.72. The Kier molecular flexibility index (Phi) is 6.25. The lowest BCUT2D eigenvalue weighted by atomic mass is 10.2. The second-order valence-electron chi connectivity index (χ2n) is 6.23. The fraction of sp³-hybridized carbons (Fsp3) is 0.412. The Balaban J connectivity index is 1.76. The Bertz CT molecular complexity index is 866. The van der Waals surface area contributed by atoms with Gasteiger partial charge in [-0.15, -0.1) is 10.2 Å². The average Bonchev–Trinajstić information content (AvgIpc) is 2.72. The van der Waals surface area contributed by atoms with Crippen LogP contribution in [0.5, 0.6) is 0 Å². The van der Waals surface area contributed by atoms with E-state index in [1.165, 1.54) is 19.4 Å². The summed E-state index contributed by atoms with van der Waals surface area (Å²) in [6.45, 7) is 2.89. The second kappa shape index (κ2) is 9.03. The molecule has 3 rings (SSSR count). The van der Waals surface area contributed by atoms with E-state index in [1.54, 1.807) is 6.07 Å². The molecule has 1 amide bonds. The number of nitriles is 1. The molecule has 0 aromatic carbocycles. The molecule has 0 spiro atoms. The summed E-state index contributed by atoms with van der Waals surface area (Å²) in [5, 5.41) is 25.6. The van der Waals surface area contributed by atoms with E-state index in [0.717, 1.165) is 13.1 Å². The maximum absolute atomic E-state index is 12.1. The van der Waals surface area contributed by atoms with Gasteiger partial charge in [0.25, 0.3) is 5.91 Å². The molecule has 1 saturated heterocycles. The lowest BCUT2D eigenvalue weighted by Crippen LogP contribution is -2.43. The highest BCUT2D eigenvalue weighted by atomic mass is 16.5. The van der Waals surface area contributed by atoms with Gasteiger partial charge in [0, 0.05) is 32.7 Å². The number of nitrogens with one attached hydrogen (secondary N) is 3. The van der Waals surface area contributed by atoms with Crippen LogP contribution in [0.2, 0.25) is 0 Å². The van der Waals surface area contributed by atoms with Crippen molar-refractivity contribution in [2.45, 2.75) is 6.10 Å². The number of nitrogens with zero attached hydrogens (tertiary/aromatic N) is 6. The fourth-order valence-corrected chi connectivity index (χ4v) is 2.67. The zero-order valence-corrected chi connectivity index (χ0v) is 15.6. The number of hydrogen-bond donors (Lipinski definition) is 3. The maximum Gasteiger partial charge on any atom is 0.273 e. The van der Waals surface area contributed by atoms with E-state index in [4.69, 9.17) is 10.00 Å².